The van der Waals surface area contributed by atoms with Crippen LogP contribution in [0, 0.1) is 0 Å². The van der Waals surface area contributed by atoms with Crippen molar-refractivity contribution < 1.29 is 24.2 Å². The molecule has 0 fully saturated rings. The van der Waals surface area contributed by atoms with Crippen LogP contribution in [0.3, 0.4) is 0 Å². The summed E-state index contributed by atoms with van der Waals surface area (Å²) < 4.78 is 11.2. The maximum atomic E-state index is 12.2. The molecule has 0 saturated heterocycles. The highest BCUT2D eigenvalue weighted by Gasteiger charge is 2.10. The fraction of sp³-hybridized carbons (Fsp3) is 0.125. The normalized spacial score (nSPS) is 10.6. The zero-order valence-corrected chi connectivity index (χ0v) is 16.9. The van der Waals surface area contributed by atoms with Crippen LogP contribution in [0.1, 0.15) is 21.6 Å². The lowest BCUT2D eigenvalue weighted by molar-refractivity contribution is -0.111. The minimum absolute atomic E-state index is 0.0253. The number of anilines is 1. The van der Waals surface area contributed by atoms with E-state index < -0.39 is 11.9 Å². The smallest absolute Gasteiger partial charge is 0.337 e. The third kappa shape index (κ3) is 6.17. The monoisotopic (exact) mass is 418 g/mol. The van der Waals surface area contributed by atoms with Gasteiger partial charge in [-0.15, -0.1) is 0 Å². The van der Waals surface area contributed by atoms with Gasteiger partial charge in [-0.05, 0) is 48.0 Å². The molecule has 0 aliphatic rings. The minimum atomic E-state index is -1.11. The van der Waals surface area contributed by atoms with Crippen LogP contribution in [-0.4, -0.2) is 35.7 Å². The molecule has 1 heterocycles. The van der Waals surface area contributed by atoms with Gasteiger partial charge >= 0.3 is 5.97 Å². The summed E-state index contributed by atoms with van der Waals surface area (Å²) in [6.45, 7) is 0.424. The number of ether oxygens (including phenoxy) is 2. The lowest BCUT2D eigenvalue weighted by Crippen LogP contribution is -2.11. The lowest BCUT2D eigenvalue weighted by atomic mass is 10.1. The summed E-state index contributed by atoms with van der Waals surface area (Å²) in [4.78, 5) is 27.8. The van der Waals surface area contributed by atoms with E-state index in [2.05, 4.69) is 10.3 Å². The van der Waals surface area contributed by atoms with Gasteiger partial charge < -0.3 is 19.9 Å². The predicted molar refractivity (Wildman–Crippen MR) is 117 cm³/mol. The first-order chi connectivity index (χ1) is 15.1. The van der Waals surface area contributed by atoms with Gasteiger partial charge in [-0.3, -0.25) is 9.78 Å². The number of aromatic nitrogens is 1. The Morgan fingerprint density at radius 2 is 1.87 bits per heavy atom. The summed E-state index contributed by atoms with van der Waals surface area (Å²) in [6.07, 6.45) is 5.33. The van der Waals surface area contributed by atoms with Gasteiger partial charge in [-0.25, -0.2) is 4.79 Å². The average Bonchev–Trinajstić information content (AvgIpc) is 2.79. The van der Waals surface area contributed by atoms with Crippen LogP contribution in [0.15, 0.2) is 72.9 Å². The molecule has 0 unspecified atom stereocenters. The number of methoxy groups -OCH3 is 1. The largest absolute Gasteiger partial charge is 0.493 e. The van der Waals surface area contributed by atoms with Gasteiger partial charge in [0.1, 0.15) is 0 Å². The highest BCUT2D eigenvalue weighted by Crippen LogP contribution is 2.28. The molecule has 0 radical (unpaired) electrons. The first-order valence-corrected chi connectivity index (χ1v) is 9.59. The third-order valence-electron chi connectivity index (χ3n) is 4.37. The van der Waals surface area contributed by atoms with Gasteiger partial charge in [0.15, 0.2) is 11.5 Å². The fourth-order valence-electron chi connectivity index (χ4n) is 2.85. The Morgan fingerprint density at radius 3 is 2.61 bits per heavy atom. The molecule has 7 nitrogen and oxygen atoms in total. The maximum Gasteiger partial charge on any atom is 0.337 e. The van der Waals surface area contributed by atoms with Crippen molar-refractivity contribution in [2.24, 2.45) is 0 Å². The van der Waals surface area contributed by atoms with E-state index in [0.29, 0.717) is 24.5 Å². The van der Waals surface area contributed by atoms with Crippen molar-refractivity contribution in [1.82, 2.24) is 4.98 Å². The Kier molecular flexibility index (Phi) is 7.37. The van der Waals surface area contributed by atoms with Crippen LogP contribution in [-0.2, 0) is 11.2 Å². The number of hydrogen-bond donors (Lipinski definition) is 2. The molecular formula is C24H22N2O5. The first kappa shape index (κ1) is 21.6. The average molecular weight is 418 g/mol. The summed E-state index contributed by atoms with van der Waals surface area (Å²) in [6, 6.07) is 17.3. The quantitative estimate of drug-likeness (QED) is 0.509. The van der Waals surface area contributed by atoms with Crippen molar-refractivity contribution in [3.8, 4) is 11.5 Å². The Labute approximate surface area is 180 Å². The second-order valence-electron chi connectivity index (χ2n) is 6.50. The van der Waals surface area contributed by atoms with E-state index in [-0.39, 0.29) is 11.3 Å². The number of para-hydroxylation sites is 1. The van der Waals surface area contributed by atoms with Crippen molar-refractivity contribution in [1.29, 1.82) is 0 Å². The van der Waals surface area contributed by atoms with E-state index >= 15 is 0 Å². The number of hydrogen-bond acceptors (Lipinski definition) is 5. The predicted octanol–water partition coefficient (Wildman–Crippen LogP) is 4.06. The van der Waals surface area contributed by atoms with Crippen LogP contribution in [0.4, 0.5) is 5.69 Å². The number of rotatable bonds is 9. The number of nitrogens with one attached hydrogen (secondary N) is 1. The maximum absolute atomic E-state index is 12.2. The second kappa shape index (κ2) is 10.6. The zero-order valence-electron chi connectivity index (χ0n) is 16.9. The van der Waals surface area contributed by atoms with Crippen LogP contribution in [0.25, 0.3) is 6.08 Å². The molecule has 0 atom stereocenters. The van der Waals surface area contributed by atoms with E-state index in [9.17, 15) is 14.7 Å². The molecule has 2 N–H and O–H groups in total. The second-order valence-corrected chi connectivity index (χ2v) is 6.50. The molecule has 3 aromatic rings. The van der Waals surface area contributed by atoms with Crippen molar-refractivity contribution >= 4 is 23.6 Å². The Hall–Kier alpha value is -4.13. The molecule has 1 aromatic heterocycles. The Bertz CT molecular complexity index is 1080. The number of carbonyl (C=O) groups is 2. The van der Waals surface area contributed by atoms with E-state index in [1.807, 2.05) is 18.2 Å². The minimum Gasteiger partial charge on any atom is -0.493 e. The number of amides is 1. The number of aromatic carboxylic acids is 1. The highest BCUT2D eigenvalue weighted by molar-refractivity contribution is 6.06. The summed E-state index contributed by atoms with van der Waals surface area (Å²) in [7, 11) is 1.56. The number of carboxylic acids is 1. The molecule has 158 valence electrons. The molecule has 0 aliphatic carbocycles. The molecule has 0 bridgehead atoms. The topological polar surface area (TPSA) is 97.8 Å². The SMILES string of the molecule is COc1ccc(C=CC(=O)Nc2ccccc2C(=O)O)cc1OCCc1ccccn1. The third-order valence-corrected chi connectivity index (χ3v) is 4.37. The van der Waals surface area contributed by atoms with Gasteiger partial charge in [0.25, 0.3) is 0 Å². The lowest BCUT2D eigenvalue weighted by Gasteiger charge is -2.11. The molecule has 0 aliphatic heterocycles. The molecule has 0 saturated carbocycles. The van der Waals surface area contributed by atoms with Crippen LogP contribution >= 0.6 is 0 Å². The van der Waals surface area contributed by atoms with Gasteiger partial charge in [0, 0.05) is 24.4 Å². The van der Waals surface area contributed by atoms with Gasteiger partial charge in [-0.1, -0.05) is 24.3 Å². The van der Waals surface area contributed by atoms with Crippen LogP contribution < -0.4 is 14.8 Å². The summed E-state index contributed by atoms with van der Waals surface area (Å²) in [5.41, 5.74) is 1.92. The molecule has 0 spiro atoms. The van der Waals surface area contributed by atoms with Crippen LogP contribution in [0.5, 0.6) is 11.5 Å². The molecule has 3 rings (SSSR count). The van der Waals surface area contributed by atoms with Crippen molar-refractivity contribution in [2.75, 3.05) is 19.0 Å². The van der Waals surface area contributed by atoms with Gasteiger partial charge in [0.2, 0.25) is 5.91 Å². The van der Waals surface area contributed by atoms with Gasteiger partial charge in [-0.2, -0.15) is 0 Å². The van der Waals surface area contributed by atoms with E-state index in [0.717, 1.165) is 11.3 Å². The number of carbonyl (C=O) groups excluding carboxylic acids is 1. The summed E-state index contributed by atoms with van der Waals surface area (Å²) >= 11 is 0. The molecule has 1 amide bonds. The number of pyridine rings is 1. The van der Waals surface area contributed by atoms with E-state index in [1.165, 1.54) is 18.2 Å². The molecular weight excluding hydrogens is 396 g/mol. The van der Waals surface area contributed by atoms with Crippen LogP contribution in [0.2, 0.25) is 0 Å². The fourth-order valence-corrected chi connectivity index (χ4v) is 2.85. The summed E-state index contributed by atoms with van der Waals surface area (Å²) in [5, 5.41) is 11.8. The van der Waals surface area contributed by atoms with E-state index in [1.54, 1.807) is 49.7 Å². The highest BCUT2D eigenvalue weighted by atomic mass is 16.5. The van der Waals surface area contributed by atoms with Crippen molar-refractivity contribution in [3.05, 3.63) is 89.8 Å². The number of benzene rings is 2. The molecule has 2 aromatic carbocycles. The van der Waals surface area contributed by atoms with Crippen molar-refractivity contribution in [3.63, 3.8) is 0 Å². The Balaban J connectivity index is 1.65. The number of nitrogens with zero attached hydrogens (tertiary/aromatic N) is 1. The summed E-state index contributed by atoms with van der Waals surface area (Å²) in [5.74, 6) is -0.417. The van der Waals surface area contributed by atoms with E-state index in [4.69, 9.17) is 9.47 Å². The molecule has 31 heavy (non-hydrogen) atoms. The number of carboxylic acid groups (broad SMARTS) is 1. The first-order valence-electron chi connectivity index (χ1n) is 9.59. The Morgan fingerprint density at radius 1 is 1.06 bits per heavy atom. The van der Waals surface area contributed by atoms with Gasteiger partial charge in [0.05, 0.1) is 25.0 Å². The molecule has 7 heteroatoms. The van der Waals surface area contributed by atoms with Crippen molar-refractivity contribution in [2.45, 2.75) is 6.42 Å². The zero-order chi connectivity index (χ0) is 22.1. The standard InChI is InChI=1S/C24H22N2O5/c1-30-21-11-9-17(16-22(21)31-15-13-18-6-4-5-14-25-18)10-12-23(27)26-20-8-3-2-7-19(20)24(28)29/h2-12,14,16H,13,15H2,1H3,(H,26,27)(H,28,29).